The quantitative estimate of drug-likeness (QED) is 0.479. The number of sulfonamides is 1. The first-order chi connectivity index (χ1) is 15.0. The molecule has 0 aliphatic heterocycles. The summed E-state index contributed by atoms with van der Waals surface area (Å²) >= 11 is 0. The molecule has 31 heavy (non-hydrogen) atoms. The van der Waals surface area contributed by atoms with Gasteiger partial charge in [-0.05, 0) is 48.7 Å². The van der Waals surface area contributed by atoms with E-state index in [2.05, 4.69) is 33.5 Å². The predicted octanol–water partition coefficient (Wildman–Crippen LogP) is 4.70. The number of hydrogen-bond acceptors (Lipinski definition) is 4. The minimum atomic E-state index is -3.88. The van der Waals surface area contributed by atoms with Crippen molar-refractivity contribution in [3.63, 3.8) is 0 Å². The number of hydrogen-bond donors (Lipinski definition) is 1. The van der Waals surface area contributed by atoms with E-state index in [1.54, 1.807) is 49.6 Å². The third kappa shape index (κ3) is 4.42. The van der Waals surface area contributed by atoms with Crippen molar-refractivity contribution in [3.8, 4) is 11.8 Å². The van der Waals surface area contributed by atoms with Gasteiger partial charge in [-0.3, -0.25) is 14.7 Å². The molecule has 1 N–H and O–H groups in total. The normalized spacial score (nSPS) is 11.0. The van der Waals surface area contributed by atoms with Gasteiger partial charge in [-0.25, -0.2) is 8.42 Å². The molecule has 2 heterocycles. The molecule has 0 aliphatic rings. The molecule has 0 radical (unpaired) electrons. The standard InChI is InChI=1S/C25H21N3O2S/c1-3-19-15-20(17-26-16-19)11-13-21-7-4-5-9-23(21)28-31(29,30)25-18(2)10-12-22-8-6-14-27-24(22)25/h4-10,12,14-17,28H,3H2,1-2H3. The highest BCUT2D eigenvalue weighted by atomic mass is 32.2. The fourth-order valence-electron chi connectivity index (χ4n) is 3.32. The summed E-state index contributed by atoms with van der Waals surface area (Å²) in [4.78, 5) is 8.69. The van der Waals surface area contributed by atoms with Crippen LogP contribution in [0.4, 0.5) is 5.69 Å². The summed E-state index contributed by atoms with van der Waals surface area (Å²) in [7, 11) is -3.88. The number of rotatable bonds is 4. The lowest BCUT2D eigenvalue weighted by Crippen LogP contribution is -2.16. The Balaban J connectivity index is 1.73. The van der Waals surface area contributed by atoms with Gasteiger partial charge in [-0.15, -0.1) is 0 Å². The summed E-state index contributed by atoms with van der Waals surface area (Å²) < 4.78 is 29.4. The van der Waals surface area contributed by atoms with Crippen molar-refractivity contribution in [1.82, 2.24) is 9.97 Å². The highest BCUT2D eigenvalue weighted by Gasteiger charge is 2.22. The van der Waals surface area contributed by atoms with Gasteiger partial charge < -0.3 is 0 Å². The van der Waals surface area contributed by atoms with Crippen LogP contribution in [-0.2, 0) is 16.4 Å². The molecule has 4 aromatic rings. The Morgan fingerprint density at radius 2 is 1.84 bits per heavy atom. The van der Waals surface area contributed by atoms with E-state index in [-0.39, 0.29) is 4.90 Å². The maximum Gasteiger partial charge on any atom is 0.264 e. The summed E-state index contributed by atoms with van der Waals surface area (Å²) in [6.45, 7) is 3.82. The second kappa shape index (κ2) is 8.58. The van der Waals surface area contributed by atoms with Gasteiger partial charge in [-0.2, -0.15) is 0 Å². The second-order valence-electron chi connectivity index (χ2n) is 7.12. The van der Waals surface area contributed by atoms with Crippen molar-refractivity contribution in [2.45, 2.75) is 25.2 Å². The predicted molar refractivity (Wildman–Crippen MR) is 123 cm³/mol. The molecule has 4 rings (SSSR count). The van der Waals surface area contributed by atoms with Gasteiger partial charge in [-0.1, -0.05) is 49.1 Å². The number of benzene rings is 2. The molecular weight excluding hydrogens is 406 g/mol. The lowest BCUT2D eigenvalue weighted by atomic mass is 10.1. The second-order valence-corrected chi connectivity index (χ2v) is 8.74. The molecule has 0 unspecified atom stereocenters. The summed E-state index contributed by atoms with van der Waals surface area (Å²) in [5, 5.41) is 0.768. The minimum Gasteiger partial charge on any atom is -0.278 e. The topological polar surface area (TPSA) is 72.0 Å². The third-order valence-corrected chi connectivity index (χ3v) is 6.45. The first kappa shape index (κ1) is 20.6. The molecule has 2 aromatic carbocycles. The van der Waals surface area contributed by atoms with Crippen molar-refractivity contribution in [2.75, 3.05) is 4.72 Å². The fraction of sp³-hybridized carbons (Fsp3) is 0.120. The largest absolute Gasteiger partial charge is 0.278 e. The number of aromatic nitrogens is 2. The van der Waals surface area contributed by atoms with E-state index >= 15 is 0 Å². The Morgan fingerprint density at radius 3 is 2.68 bits per heavy atom. The van der Waals surface area contributed by atoms with E-state index in [1.807, 2.05) is 30.5 Å². The van der Waals surface area contributed by atoms with Crippen LogP contribution < -0.4 is 4.72 Å². The molecule has 0 saturated carbocycles. The minimum absolute atomic E-state index is 0.174. The Hall–Kier alpha value is -3.69. The molecule has 2 aromatic heterocycles. The Kier molecular flexibility index (Phi) is 5.70. The van der Waals surface area contributed by atoms with Crippen LogP contribution in [0.3, 0.4) is 0 Å². The first-order valence-electron chi connectivity index (χ1n) is 9.90. The molecule has 0 atom stereocenters. The molecule has 5 nitrogen and oxygen atoms in total. The molecule has 6 heteroatoms. The SMILES string of the molecule is CCc1cncc(C#Cc2ccccc2NS(=O)(=O)c2c(C)ccc3cccnc23)c1. The highest BCUT2D eigenvalue weighted by molar-refractivity contribution is 7.93. The van der Waals surface area contributed by atoms with Crippen molar-refractivity contribution in [1.29, 1.82) is 0 Å². The van der Waals surface area contributed by atoms with Gasteiger partial charge in [0.1, 0.15) is 4.90 Å². The lowest BCUT2D eigenvalue weighted by Gasteiger charge is -2.13. The van der Waals surface area contributed by atoms with E-state index in [0.717, 1.165) is 22.9 Å². The third-order valence-electron chi connectivity index (χ3n) is 4.91. The number of nitrogens with zero attached hydrogens (tertiary/aromatic N) is 2. The summed E-state index contributed by atoms with van der Waals surface area (Å²) in [6.07, 6.45) is 5.98. The van der Waals surface area contributed by atoms with E-state index in [0.29, 0.717) is 22.3 Å². The van der Waals surface area contributed by atoms with E-state index in [1.165, 1.54) is 0 Å². The van der Waals surface area contributed by atoms with E-state index in [4.69, 9.17) is 0 Å². The van der Waals surface area contributed by atoms with Gasteiger partial charge in [0.05, 0.1) is 11.2 Å². The van der Waals surface area contributed by atoms with Crippen LogP contribution in [0.2, 0.25) is 0 Å². The number of pyridine rings is 2. The summed E-state index contributed by atoms with van der Waals surface area (Å²) in [5.41, 5.74) is 3.96. The van der Waals surface area contributed by atoms with Crippen LogP contribution in [0.25, 0.3) is 10.9 Å². The fourth-order valence-corrected chi connectivity index (χ4v) is 4.81. The van der Waals surface area contributed by atoms with Gasteiger partial charge in [0.2, 0.25) is 0 Å². The zero-order valence-electron chi connectivity index (χ0n) is 17.3. The van der Waals surface area contributed by atoms with Crippen molar-refractivity contribution in [3.05, 3.63) is 95.4 Å². The molecule has 0 saturated heterocycles. The van der Waals surface area contributed by atoms with Gasteiger partial charge in [0, 0.05) is 35.1 Å². The molecule has 154 valence electrons. The maximum atomic E-state index is 13.3. The molecule has 0 fully saturated rings. The number of anilines is 1. The molecule has 0 aliphatic carbocycles. The van der Waals surface area contributed by atoms with Crippen molar-refractivity contribution >= 4 is 26.6 Å². The summed E-state index contributed by atoms with van der Waals surface area (Å²) in [5.74, 6) is 6.16. The van der Waals surface area contributed by atoms with Crippen LogP contribution in [-0.4, -0.2) is 18.4 Å². The molecule has 0 spiro atoms. The highest BCUT2D eigenvalue weighted by Crippen LogP contribution is 2.27. The molecule has 0 amide bonds. The average Bonchev–Trinajstić information content (AvgIpc) is 2.78. The number of para-hydroxylation sites is 1. The van der Waals surface area contributed by atoms with Gasteiger partial charge in [0.25, 0.3) is 10.0 Å². The van der Waals surface area contributed by atoms with Crippen LogP contribution in [0.1, 0.15) is 29.2 Å². The lowest BCUT2D eigenvalue weighted by molar-refractivity contribution is 0.601. The van der Waals surface area contributed by atoms with Crippen LogP contribution >= 0.6 is 0 Å². The van der Waals surface area contributed by atoms with Crippen LogP contribution in [0, 0.1) is 18.8 Å². The van der Waals surface area contributed by atoms with Crippen molar-refractivity contribution < 1.29 is 8.42 Å². The zero-order valence-corrected chi connectivity index (χ0v) is 18.1. The monoisotopic (exact) mass is 427 g/mol. The summed E-state index contributed by atoms with van der Waals surface area (Å²) in [6, 6.07) is 16.4. The average molecular weight is 428 g/mol. The van der Waals surface area contributed by atoms with E-state index in [9.17, 15) is 8.42 Å². The Morgan fingerprint density at radius 1 is 1.00 bits per heavy atom. The van der Waals surface area contributed by atoms with Gasteiger partial charge >= 0.3 is 0 Å². The van der Waals surface area contributed by atoms with Gasteiger partial charge in [0.15, 0.2) is 0 Å². The number of fused-ring (bicyclic) bond motifs is 1. The number of nitrogens with one attached hydrogen (secondary N) is 1. The first-order valence-corrected chi connectivity index (χ1v) is 11.4. The Labute approximate surface area is 182 Å². The molecular formula is C25H21N3O2S. The zero-order chi connectivity index (χ0) is 21.8. The van der Waals surface area contributed by atoms with Crippen LogP contribution in [0.15, 0.2) is 78.1 Å². The smallest absolute Gasteiger partial charge is 0.264 e. The van der Waals surface area contributed by atoms with Crippen molar-refractivity contribution in [2.24, 2.45) is 0 Å². The maximum absolute atomic E-state index is 13.3. The Bertz CT molecular complexity index is 1430. The van der Waals surface area contributed by atoms with E-state index < -0.39 is 10.0 Å². The van der Waals surface area contributed by atoms with Crippen LogP contribution in [0.5, 0.6) is 0 Å². The molecule has 0 bridgehead atoms. The number of aryl methyl sites for hydroxylation is 2.